The molecule has 7 heteroatoms. The molecule has 3 nitrogen and oxygen atoms in total. The zero-order valence-corrected chi connectivity index (χ0v) is 10.9. The number of amides is 1. The monoisotopic (exact) mass is 281 g/mol. The third-order valence-electron chi connectivity index (χ3n) is 2.30. The first kappa shape index (κ1) is 15.0. The van der Waals surface area contributed by atoms with Crippen LogP contribution in [0.4, 0.5) is 13.2 Å². The third kappa shape index (κ3) is 3.99. The molecule has 0 saturated carbocycles. The predicted octanol–water partition coefficient (Wildman–Crippen LogP) is 2.36. The van der Waals surface area contributed by atoms with Gasteiger partial charge in [-0.15, -0.1) is 11.3 Å². The Labute approximate surface area is 107 Å². The van der Waals surface area contributed by atoms with Crippen molar-refractivity contribution in [1.82, 2.24) is 4.90 Å². The first-order valence-electron chi connectivity index (χ1n) is 5.28. The van der Waals surface area contributed by atoms with Crippen LogP contribution in [0.3, 0.4) is 0 Å². The van der Waals surface area contributed by atoms with E-state index in [1.54, 1.807) is 19.9 Å². The second-order valence-electron chi connectivity index (χ2n) is 3.89. The largest absolute Gasteiger partial charge is 0.406 e. The smallest absolute Gasteiger partial charge is 0.395 e. The van der Waals surface area contributed by atoms with E-state index in [0.29, 0.717) is 9.78 Å². The molecule has 0 unspecified atom stereocenters. The topological polar surface area (TPSA) is 40.5 Å². The minimum atomic E-state index is -4.47. The Morgan fingerprint density at radius 1 is 1.44 bits per heavy atom. The molecule has 18 heavy (non-hydrogen) atoms. The molecule has 102 valence electrons. The Balaban J connectivity index is 2.92. The van der Waals surface area contributed by atoms with Crippen LogP contribution in [0.25, 0.3) is 0 Å². The average molecular weight is 281 g/mol. The van der Waals surface area contributed by atoms with Crippen molar-refractivity contribution in [3.63, 3.8) is 0 Å². The van der Waals surface area contributed by atoms with Gasteiger partial charge < -0.3 is 10.0 Å². The summed E-state index contributed by atoms with van der Waals surface area (Å²) in [6.07, 6.45) is -4.47. The molecule has 1 amide bonds. The van der Waals surface area contributed by atoms with Crippen LogP contribution in [-0.2, 0) is 0 Å². The maximum Gasteiger partial charge on any atom is 0.406 e. The molecule has 0 aliphatic carbocycles. The lowest BCUT2D eigenvalue weighted by molar-refractivity contribution is -0.141. The van der Waals surface area contributed by atoms with E-state index in [9.17, 15) is 18.0 Å². The number of aliphatic hydroxyl groups excluding tert-OH is 1. The minimum absolute atomic E-state index is 0.273. The van der Waals surface area contributed by atoms with Gasteiger partial charge in [0.1, 0.15) is 6.54 Å². The Kier molecular flexibility index (Phi) is 4.75. The van der Waals surface area contributed by atoms with Crippen LogP contribution in [0.5, 0.6) is 0 Å². The number of carbonyl (C=O) groups is 1. The molecule has 1 rings (SSSR count). The zero-order chi connectivity index (χ0) is 13.9. The van der Waals surface area contributed by atoms with Crippen LogP contribution in [0, 0.1) is 13.8 Å². The summed E-state index contributed by atoms with van der Waals surface area (Å²) in [5, 5.41) is 8.75. The maximum absolute atomic E-state index is 12.3. The number of aliphatic hydroxyl groups is 1. The van der Waals surface area contributed by atoms with Gasteiger partial charge in [0.2, 0.25) is 0 Å². The highest BCUT2D eigenvalue weighted by Gasteiger charge is 2.33. The van der Waals surface area contributed by atoms with Crippen LogP contribution in [0.1, 0.15) is 20.1 Å². The van der Waals surface area contributed by atoms with Gasteiger partial charge in [-0.2, -0.15) is 13.2 Å². The number of hydrogen-bond acceptors (Lipinski definition) is 3. The van der Waals surface area contributed by atoms with E-state index in [1.165, 1.54) is 11.3 Å². The number of rotatable bonds is 4. The van der Waals surface area contributed by atoms with E-state index < -0.39 is 25.2 Å². The lowest BCUT2D eigenvalue weighted by Gasteiger charge is -2.23. The molecule has 0 aromatic carbocycles. The van der Waals surface area contributed by atoms with Gasteiger partial charge in [-0.1, -0.05) is 0 Å². The molecule has 0 saturated heterocycles. The lowest BCUT2D eigenvalue weighted by atomic mass is 10.2. The minimum Gasteiger partial charge on any atom is -0.395 e. The predicted molar refractivity (Wildman–Crippen MR) is 62.8 cm³/mol. The third-order valence-corrected chi connectivity index (χ3v) is 3.26. The van der Waals surface area contributed by atoms with Crippen LogP contribution in [0.15, 0.2) is 6.07 Å². The highest BCUT2D eigenvalue weighted by atomic mass is 32.1. The standard InChI is InChI=1S/C11H14F3NO2S/c1-7-5-9(8(2)18-7)10(17)15(3-4-16)6-11(12,13)14/h5,16H,3-4,6H2,1-2H3. The fourth-order valence-corrected chi connectivity index (χ4v) is 2.52. The average Bonchev–Trinajstić information content (AvgIpc) is 2.54. The summed E-state index contributed by atoms with van der Waals surface area (Å²) in [6, 6.07) is 1.57. The molecule has 0 bridgehead atoms. The van der Waals surface area contributed by atoms with Crippen LogP contribution < -0.4 is 0 Å². The SMILES string of the molecule is Cc1cc(C(=O)N(CCO)CC(F)(F)F)c(C)s1. The molecule has 0 spiro atoms. The Bertz CT molecular complexity index is 428. The summed E-state index contributed by atoms with van der Waals surface area (Å²) in [5.74, 6) is -0.691. The van der Waals surface area contributed by atoms with Gasteiger partial charge in [-0.25, -0.2) is 0 Å². The molecule has 0 fully saturated rings. The fourth-order valence-electron chi connectivity index (χ4n) is 1.60. The molecule has 1 heterocycles. The van der Waals surface area contributed by atoms with Gasteiger partial charge in [0.05, 0.1) is 12.2 Å². The Morgan fingerprint density at radius 2 is 2.06 bits per heavy atom. The van der Waals surface area contributed by atoms with Gasteiger partial charge >= 0.3 is 6.18 Å². The van der Waals surface area contributed by atoms with Crippen molar-refractivity contribution in [1.29, 1.82) is 0 Å². The summed E-state index contributed by atoms with van der Waals surface area (Å²) in [5.41, 5.74) is 0.273. The number of hydrogen-bond donors (Lipinski definition) is 1. The van der Waals surface area contributed by atoms with Crippen molar-refractivity contribution in [2.45, 2.75) is 20.0 Å². The van der Waals surface area contributed by atoms with E-state index in [-0.39, 0.29) is 12.1 Å². The molecule has 0 aliphatic heterocycles. The van der Waals surface area contributed by atoms with Crippen molar-refractivity contribution in [2.24, 2.45) is 0 Å². The summed E-state index contributed by atoms with van der Waals surface area (Å²) in [7, 11) is 0. The molecular weight excluding hydrogens is 267 g/mol. The van der Waals surface area contributed by atoms with Crippen LogP contribution in [-0.4, -0.2) is 41.8 Å². The number of nitrogens with zero attached hydrogens (tertiary/aromatic N) is 1. The Morgan fingerprint density at radius 3 is 2.44 bits per heavy atom. The number of aryl methyl sites for hydroxylation is 2. The lowest BCUT2D eigenvalue weighted by Crippen LogP contribution is -2.40. The molecule has 0 aliphatic rings. The molecule has 0 atom stereocenters. The van der Waals surface area contributed by atoms with Gasteiger partial charge in [0.25, 0.3) is 5.91 Å². The van der Waals surface area contributed by atoms with Crippen molar-refractivity contribution in [2.75, 3.05) is 19.7 Å². The van der Waals surface area contributed by atoms with Gasteiger partial charge in [-0.05, 0) is 19.9 Å². The van der Waals surface area contributed by atoms with Gasteiger partial charge in [0.15, 0.2) is 0 Å². The summed E-state index contributed by atoms with van der Waals surface area (Å²) >= 11 is 1.36. The van der Waals surface area contributed by atoms with Crippen LogP contribution in [0.2, 0.25) is 0 Å². The van der Waals surface area contributed by atoms with E-state index >= 15 is 0 Å². The van der Waals surface area contributed by atoms with E-state index in [1.807, 2.05) is 0 Å². The summed E-state index contributed by atoms with van der Waals surface area (Å²) < 4.78 is 37.0. The van der Waals surface area contributed by atoms with E-state index in [2.05, 4.69) is 0 Å². The van der Waals surface area contributed by atoms with Gasteiger partial charge in [0, 0.05) is 16.3 Å². The molecule has 1 aromatic rings. The second-order valence-corrected chi connectivity index (χ2v) is 5.35. The first-order chi connectivity index (χ1) is 8.24. The van der Waals surface area contributed by atoms with Crippen LogP contribution >= 0.6 is 11.3 Å². The number of alkyl halides is 3. The van der Waals surface area contributed by atoms with Gasteiger partial charge in [-0.3, -0.25) is 4.79 Å². The van der Waals surface area contributed by atoms with Crippen molar-refractivity contribution < 1.29 is 23.1 Å². The number of carbonyl (C=O) groups excluding carboxylic acids is 1. The zero-order valence-electron chi connectivity index (χ0n) is 10.0. The molecule has 0 radical (unpaired) electrons. The van der Waals surface area contributed by atoms with Crippen molar-refractivity contribution in [3.05, 3.63) is 21.4 Å². The van der Waals surface area contributed by atoms with Crippen molar-refractivity contribution in [3.8, 4) is 0 Å². The summed E-state index contributed by atoms with van der Waals surface area (Å²) in [4.78, 5) is 14.1. The Hall–Kier alpha value is -1.08. The van der Waals surface area contributed by atoms with E-state index in [4.69, 9.17) is 5.11 Å². The normalized spacial score (nSPS) is 11.7. The highest BCUT2D eigenvalue weighted by molar-refractivity contribution is 7.12. The molecule has 1 aromatic heterocycles. The quantitative estimate of drug-likeness (QED) is 0.920. The first-order valence-corrected chi connectivity index (χ1v) is 6.10. The molecule has 1 N–H and O–H groups in total. The number of thiophene rings is 1. The highest BCUT2D eigenvalue weighted by Crippen LogP contribution is 2.24. The second kappa shape index (κ2) is 5.71. The molecular formula is C11H14F3NO2S. The number of halogens is 3. The van der Waals surface area contributed by atoms with E-state index in [0.717, 1.165) is 4.88 Å². The summed E-state index contributed by atoms with van der Waals surface area (Å²) in [6.45, 7) is 1.31. The van der Waals surface area contributed by atoms with Crippen molar-refractivity contribution >= 4 is 17.2 Å². The fraction of sp³-hybridized carbons (Fsp3) is 0.545. The maximum atomic E-state index is 12.3.